The molecule has 2 aliphatic heterocycles. The minimum atomic E-state index is -1.26. The summed E-state index contributed by atoms with van der Waals surface area (Å²) in [4.78, 5) is 39.0. The highest BCUT2D eigenvalue weighted by atomic mass is 127. The molecule has 0 unspecified atom stereocenters. The number of benzene rings is 1. The molecule has 1 aromatic carbocycles. The molecule has 12 heteroatoms. The van der Waals surface area contributed by atoms with Gasteiger partial charge in [0.2, 0.25) is 11.8 Å². The Bertz CT molecular complexity index is 1110. The average Bonchev–Trinajstić information content (AvgIpc) is 3.09. The van der Waals surface area contributed by atoms with Gasteiger partial charge in [0, 0.05) is 20.1 Å². The molecule has 200 valence electrons. The third-order valence-electron chi connectivity index (χ3n) is 7.54. The molecule has 2 heterocycles. The summed E-state index contributed by atoms with van der Waals surface area (Å²) in [6.45, 7) is 0.476. The van der Waals surface area contributed by atoms with Gasteiger partial charge in [0.1, 0.15) is 0 Å². The number of carboxylic acid groups (broad SMARTS) is 1. The molecule has 3 N–H and O–H groups in total. The maximum Gasteiger partial charge on any atom is 0.487 e. The van der Waals surface area contributed by atoms with Gasteiger partial charge in [-0.2, -0.15) is 0 Å². The summed E-state index contributed by atoms with van der Waals surface area (Å²) in [5, 5.41) is 30.2. The van der Waals surface area contributed by atoms with Gasteiger partial charge in [-0.15, -0.1) is 0 Å². The van der Waals surface area contributed by atoms with E-state index in [0.717, 1.165) is 5.57 Å². The fourth-order valence-corrected chi connectivity index (χ4v) is 6.50. The van der Waals surface area contributed by atoms with E-state index < -0.39 is 36.9 Å². The van der Waals surface area contributed by atoms with Crippen LogP contribution in [0.15, 0.2) is 23.2 Å². The van der Waals surface area contributed by atoms with Crippen LogP contribution in [-0.2, 0) is 23.8 Å². The van der Waals surface area contributed by atoms with Crippen molar-refractivity contribution < 1.29 is 43.7 Å². The number of fused-ring (bicyclic) bond motifs is 3. The number of unbranched alkanes of at least 4 members (excludes halogenated alkanes) is 2. The maximum atomic E-state index is 13.6. The fraction of sp³-hybridized carbons (Fsp3) is 0.560. The lowest BCUT2D eigenvalue weighted by Gasteiger charge is -2.42. The van der Waals surface area contributed by atoms with Gasteiger partial charge in [-0.3, -0.25) is 19.3 Å². The summed E-state index contributed by atoms with van der Waals surface area (Å²) in [6, 6.07) is 3.41. The number of phenols is 1. The van der Waals surface area contributed by atoms with Crippen LogP contribution in [0, 0.1) is 21.3 Å². The summed E-state index contributed by atoms with van der Waals surface area (Å²) in [6.07, 6.45) is 1.81. The zero-order chi connectivity index (χ0) is 26.9. The zero-order valence-corrected chi connectivity index (χ0v) is 23.0. The molecule has 1 aliphatic carbocycles. The van der Waals surface area contributed by atoms with Crippen LogP contribution in [0.4, 0.5) is 0 Å². The van der Waals surface area contributed by atoms with E-state index in [1.165, 1.54) is 12.0 Å². The Labute approximate surface area is 229 Å². The molecule has 0 spiro atoms. The lowest BCUT2D eigenvalue weighted by molar-refractivity contribution is -0.141. The Morgan fingerprint density at radius 1 is 1.19 bits per heavy atom. The largest absolute Gasteiger partial charge is 0.504 e. The quantitative estimate of drug-likeness (QED) is 0.155. The molecule has 10 nitrogen and oxygen atoms in total. The number of amides is 2. The third-order valence-corrected chi connectivity index (χ3v) is 8.36. The highest BCUT2D eigenvalue weighted by molar-refractivity contribution is 14.1. The smallest absolute Gasteiger partial charge is 0.487 e. The Balaban J connectivity index is 1.60. The molecule has 4 atom stereocenters. The molecule has 37 heavy (non-hydrogen) atoms. The first kappa shape index (κ1) is 27.9. The Morgan fingerprint density at radius 3 is 2.62 bits per heavy atom. The van der Waals surface area contributed by atoms with E-state index in [2.05, 4.69) is 0 Å². The summed E-state index contributed by atoms with van der Waals surface area (Å²) in [5.74, 6) is -2.60. The first-order valence-corrected chi connectivity index (χ1v) is 13.4. The molecular formula is C25H31BINO9. The lowest BCUT2D eigenvalue weighted by atomic mass is 9.55. The molecule has 2 saturated heterocycles. The van der Waals surface area contributed by atoms with E-state index in [-0.39, 0.29) is 42.9 Å². The molecule has 0 bridgehead atoms. The number of allylic oxidation sites excluding steroid dienone is 1. The minimum Gasteiger partial charge on any atom is -0.504 e. The number of carbonyl (C=O) groups is 3. The second kappa shape index (κ2) is 11.7. The van der Waals surface area contributed by atoms with Crippen molar-refractivity contribution in [2.24, 2.45) is 17.8 Å². The van der Waals surface area contributed by atoms with E-state index in [1.54, 1.807) is 19.2 Å². The van der Waals surface area contributed by atoms with Gasteiger partial charge < -0.3 is 29.4 Å². The van der Waals surface area contributed by atoms with Crippen LogP contribution in [0.5, 0.6) is 11.5 Å². The van der Waals surface area contributed by atoms with Gasteiger partial charge in [0.25, 0.3) is 0 Å². The molecule has 3 aliphatic rings. The van der Waals surface area contributed by atoms with Crippen LogP contribution in [0.3, 0.4) is 0 Å². The number of halogens is 1. The zero-order valence-electron chi connectivity index (χ0n) is 20.8. The number of ether oxygens (including phenoxy) is 2. The van der Waals surface area contributed by atoms with Crippen LogP contribution in [0.25, 0.3) is 0 Å². The topological polar surface area (TPSA) is 143 Å². The summed E-state index contributed by atoms with van der Waals surface area (Å²) < 4.78 is 17.2. The number of rotatable bonds is 10. The van der Waals surface area contributed by atoms with Crippen molar-refractivity contribution in [2.45, 2.75) is 44.6 Å². The molecule has 2 amide bonds. The number of likely N-dealkylation sites (tertiary alicyclic amines) is 1. The van der Waals surface area contributed by atoms with Crippen molar-refractivity contribution in [2.75, 3.05) is 27.4 Å². The number of methoxy groups -OCH3 is 2. The number of nitrogens with zero attached hydrogens (tertiary/aromatic N) is 1. The van der Waals surface area contributed by atoms with Gasteiger partial charge in [-0.25, -0.2) is 0 Å². The van der Waals surface area contributed by atoms with Crippen molar-refractivity contribution in [3.05, 3.63) is 32.3 Å². The van der Waals surface area contributed by atoms with Crippen LogP contribution < -0.4 is 4.74 Å². The molecule has 2 fully saturated rings. The number of aromatic hydroxyl groups is 1. The highest BCUT2D eigenvalue weighted by Crippen LogP contribution is 2.52. The molecule has 4 rings (SSSR count). The monoisotopic (exact) mass is 627 g/mol. The minimum absolute atomic E-state index is 0.0134. The molecular weight excluding hydrogens is 596 g/mol. The predicted octanol–water partition coefficient (Wildman–Crippen LogP) is 2.70. The highest BCUT2D eigenvalue weighted by Gasteiger charge is 2.57. The number of aliphatic carboxylic acids is 1. The molecule has 0 aromatic heterocycles. The predicted molar refractivity (Wildman–Crippen MR) is 141 cm³/mol. The van der Waals surface area contributed by atoms with Gasteiger partial charge >= 0.3 is 13.1 Å². The van der Waals surface area contributed by atoms with Crippen LogP contribution in [0.2, 0.25) is 0 Å². The summed E-state index contributed by atoms with van der Waals surface area (Å²) in [7, 11) is 1.73. The van der Waals surface area contributed by atoms with Gasteiger partial charge in [-0.1, -0.05) is 6.42 Å². The SMILES string of the molecule is COCC1=C2B(O)O[C@H](c3cc(I)c(O)c(OC)c3)C[C@H]2[C@H]2C(=O)N(CCCCCC(=O)O)C(=O)[C@H]2C1. The first-order chi connectivity index (χ1) is 17.7. The number of hydrogen-bond acceptors (Lipinski definition) is 8. The number of phenolic OH excluding ortho intramolecular Hbond substituents is 1. The van der Waals surface area contributed by atoms with E-state index in [9.17, 15) is 24.5 Å². The van der Waals surface area contributed by atoms with Gasteiger partial charge in [0.05, 0.1) is 35.2 Å². The number of imide groups is 1. The van der Waals surface area contributed by atoms with Crippen molar-refractivity contribution in [1.29, 1.82) is 0 Å². The van der Waals surface area contributed by atoms with Gasteiger partial charge in [0.15, 0.2) is 11.5 Å². The second-order valence-corrected chi connectivity index (χ2v) is 10.9. The number of carboxylic acids is 1. The lowest BCUT2D eigenvalue weighted by Crippen LogP contribution is -2.45. The van der Waals surface area contributed by atoms with Crippen molar-refractivity contribution in [3.8, 4) is 11.5 Å². The van der Waals surface area contributed by atoms with Gasteiger partial charge in [-0.05, 0) is 82.9 Å². The normalized spacial score (nSPS) is 25.4. The van der Waals surface area contributed by atoms with Crippen LogP contribution >= 0.6 is 22.6 Å². The summed E-state index contributed by atoms with van der Waals surface area (Å²) >= 11 is 2.00. The molecule has 0 radical (unpaired) electrons. The first-order valence-electron chi connectivity index (χ1n) is 12.4. The number of carbonyl (C=O) groups excluding carboxylic acids is 2. The Hall–Kier alpha value is -2.16. The third kappa shape index (κ3) is 5.52. The second-order valence-electron chi connectivity index (χ2n) is 9.73. The fourth-order valence-electron chi connectivity index (χ4n) is 5.88. The Morgan fingerprint density at radius 2 is 1.95 bits per heavy atom. The van der Waals surface area contributed by atoms with E-state index >= 15 is 0 Å². The van der Waals surface area contributed by atoms with E-state index in [0.29, 0.717) is 46.7 Å². The van der Waals surface area contributed by atoms with Crippen LogP contribution in [-0.4, -0.2) is 72.4 Å². The summed E-state index contributed by atoms with van der Waals surface area (Å²) in [5.41, 5.74) is 2.09. The average molecular weight is 627 g/mol. The maximum absolute atomic E-state index is 13.6. The molecule has 1 aromatic rings. The van der Waals surface area contributed by atoms with Crippen LogP contribution in [0.1, 0.15) is 50.2 Å². The Kier molecular flexibility index (Phi) is 8.82. The number of hydrogen-bond donors (Lipinski definition) is 3. The van der Waals surface area contributed by atoms with E-state index in [4.69, 9.17) is 19.2 Å². The van der Waals surface area contributed by atoms with Crippen molar-refractivity contribution in [3.63, 3.8) is 0 Å². The van der Waals surface area contributed by atoms with Crippen molar-refractivity contribution >= 4 is 47.5 Å². The van der Waals surface area contributed by atoms with E-state index in [1.807, 2.05) is 22.6 Å². The van der Waals surface area contributed by atoms with Crippen molar-refractivity contribution in [1.82, 2.24) is 4.90 Å². The standard InChI is InChI=1S/C25H31BINO9/c1-35-12-14-8-16-21(25(33)28(24(16)32)7-5-3-4-6-20(29)30)15-11-18(37-26(34)22(14)15)13-9-17(27)23(31)19(10-13)36-2/h9-10,15-16,18,21,31,34H,3-8,11-12H2,1-2H3,(H,29,30)/t15-,16-,18-,21+/m0/s1. The molecule has 0 saturated carbocycles.